The average Bonchev–Trinajstić information content (AvgIpc) is 3.41. The number of halogens is 1. The summed E-state index contributed by atoms with van der Waals surface area (Å²) in [7, 11) is 1.38. The third-order valence-electron chi connectivity index (χ3n) is 6.13. The molecule has 1 aromatic heterocycles. The van der Waals surface area contributed by atoms with Crippen molar-refractivity contribution in [2.75, 3.05) is 29.6 Å². The second kappa shape index (κ2) is 11.7. The topological polar surface area (TPSA) is 154 Å². The number of carboxylic acid groups (broad SMARTS) is 1. The maximum atomic E-state index is 14.2. The van der Waals surface area contributed by atoms with Crippen LogP contribution in [0, 0.1) is 5.82 Å². The fraction of sp³-hybridized carbons (Fsp3) is 0.360. The summed E-state index contributed by atoms with van der Waals surface area (Å²) in [5.74, 6) is -1.27. The van der Waals surface area contributed by atoms with Crippen LogP contribution in [0.15, 0.2) is 42.5 Å². The van der Waals surface area contributed by atoms with Gasteiger partial charge in [0.25, 0.3) is 0 Å². The van der Waals surface area contributed by atoms with Crippen molar-refractivity contribution in [1.82, 2.24) is 20.3 Å². The first kappa shape index (κ1) is 25.9. The van der Waals surface area contributed by atoms with E-state index in [0.29, 0.717) is 11.3 Å². The summed E-state index contributed by atoms with van der Waals surface area (Å²) in [6, 6.07) is 9.22. The fourth-order valence-corrected chi connectivity index (χ4v) is 4.23. The largest absolute Gasteiger partial charge is 0.508 e. The molecule has 1 saturated heterocycles. The number of carbonyl (C=O) groups is 1. The van der Waals surface area contributed by atoms with Crippen LogP contribution in [0.5, 0.6) is 11.5 Å². The van der Waals surface area contributed by atoms with E-state index in [0.717, 1.165) is 25.8 Å². The Morgan fingerprint density at radius 1 is 1.14 bits per heavy atom. The summed E-state index contributed by atoms with van der Waals surface area (Å²) in [4.78, 5) is 25.3. The highest BCUT2D eigenvalue weighted by Gasteiger charge is 2.25. The van der Waals surface area contributed by atoms with Crippen LogP contribution >= 0.6 is 0 Å². The number of carboxylic acids is 1. The number of aromatic hydroxyl groups is 1. The molecule has 0 aliphatic carbocycles. The lowest BCUT2D eigenvalue weighted by atomic mass is 10.0. The van der Waals surface area contributed by atoms with Crippen LogP contribution in [-0.4, -0.2) is 56.9 Å². The highest BCUT2D eigenvalue weighted by molar-refractivity contribution is 5.78. The fourth-order valence-electron chi connectivity index (χ4n) is 4.23. The first-order chi connectivity index (χ1) is 17.9. The number of methoxy groups -OCH3 is 1. The number of nitrogens with zero attached hydrogens (tertiary/aromatic N) is 3. The number of phenolic OH excluding ortho intramolecular Hbond substituents is 1. The minimum absolute atomic E-state index is 0.00342. The molecule has 1 aliphatic rings. The lowest BCUT2D eigenvalue weighted by molar-refractivity contribution is -0.138. The molecule has 4 rings (SSSR count). The van der Waals surface area contributed by atoms with Crippen molar-refractivity contribution in [2.45, 2.75) is 44.3 Å². The van der Waals surface area contributed by atoms with Crippen LogP contribution in [-0.2, 0) is 4.79 Å². The molecule has 0 amide bonds. The Kier molecular flexibility index (Phi) is 8.18. The summed E-state index contributed by atoms with van der Waals surface area (Å²) in [5, 5.41) is 32.0. The summed E-state index contributed by atoms with van der Waals surface area (Å²) in [6.45, 7) is 3.00. The molecular formula is C25H30FN7O4. The first-order valence-corrected chi connectivity index (χ1v) is 12.0. The van der Waals surface area contributed by atoms with Crippen molar-refractivity contribution in [3.05, 3.63) is 53.8 Å². The molecule has 12 heteroatoms. The second-order valence-corrected chi connectivity index (χ2v) is 8.65. The van der Waals surface area contributed by atoms with Crippen LogP contribution < -0.4 is 26.0 Å². The van der Waals surface area contributed by atoms with Crippen molar-refractivity contribution in [2.24, 2.45) is 0 Å². The molecule has 11 nitrogen and oxygen atoms in total. The van der Waals surface area contributed by atoms with Crippen LogP contribution in [0.25, 0.3) is 0 Å². The predicted octanol–water partition coefficient (Wildman–Crippen LogP) is 3.65. The molecule has 0 spiro atoms. The highest BCUT2D eigenvalue weighted by Crippen LogP contribution is 2.25. The monoisotopic (exact) mass is 511 g/mol. The van der Waals surface area contributed by atoms with Gasteiger partial charge >= 0.3 is 5.97 Å². The van der Waals surface area contributed by atoms with Gasteiger partial charge in [0.15, 0.2) is 17.6 Å². The van der Waals surface area contributed by atoms with Crippen molar-refractivity contribution < 1.29 is 24.1 Å². The van der Waals surface area contributed by atoms with E-state index in [1.807, 2.05) is 0 Å². The standard InChI is InChI=1S/C25H30FN7O4/c1-3-18(19-5-4-12-27-19)29-24-31-23(28-15-8-11-20(37-2)17(26)13-15)32-25(33-24)30-21(22(35)36)14-6-9-16(34)10-7-14/h6-11,13,18-19,21,27,34H,3-5,12H2,1-2H3,(H,35,36)(H3,28,29,30,31,32,33). The first-order valence-electron chi connectivity index (χ1n) is 12.0. The minimum atomic E-state index is -1.19. The maximum absolute atomic E-state index is 14.2. The van der Waals surface area contributed by atoms with Gasteiger partial charge in [0, 0.05) is 23.8 Å². The van der Waals surface area contributed by atoms with Crippen molar-refractivity contribution >= 4 is 29.5 Å². The Morgan fingerprint density at radius 2 is 1.84 bits per heavy atom. The van der Waals surface area contributed by atoms with Gasteiger partial charge in [0.1, 0.15) is 5.75 Å². The van der Waals surface area contributed by atoms with Gasteiger partial charge in [0.05, 0.1) is 7.11 Å². The van der Waals surface area contributed by atoms with Crippen LogP contribution in [0.3, 0.4) is 0 Å². The predicted molar refractivity (Wildman–Crippen MR) is 137 cm³/mol. The molecule has 0 bridgehead atoms. The number of rotatable bonds is 11. The zero-order valence-electron chi connectivity index (χ0n) is 20.5. The molecule has 1 aliphatic heterocycles. The number of anilines is 4. The van der Waals surface area contributed by atoms with Crippen molar-refractivity contribution in [1.29, 1.82) is 0 Å². The van der Waals surface area contributed by atoms with Gasteiger partial charge in [0.2, 0.25) is 17.8 Å². The quantitative estimate of drug-likeness (QED) is 0.224. The zero-order chi connectivity index (χ0) is 26.4. The van der Waals surface area contributed by atoms with E-state index < -0.39 is 17.8 Å². The number of ether oxygens (including phenoxy) is 1. The molecule has 3 unspecified atom stereocenters. The van der Waals surface area contributed by atoms with E-state index in [1.54, 1.807) is 6.07 Å². The second-order valence-electron chi connectivity index (χ2n) is 8.65. The molecule has 0 saturated carbocycles. The Morgan fingerprint density at radius 3 is 2.43 bits per heavy atom. The lowest BCUT2D eigenvalue weighted by Crippen LogP contribution is -2.40. The van der Waals surface area contributed by atoms with E-state index in [2.05, 4.69) is 43.1 Å². The Hall–Kier alpha value is -4.19. The average molecular weight is 512 g/mol. The zero-order valence-corrected chi connectivity index (χ0v) is 20.5. The van der Waals surface area contributed by atoms with Crippen LogP contribution in [0.4, 0.5) is 27.9 Å². The highest BCUT2D eigenvalue weighted by atomic mass is 19.1. The van der Waals surface area contributed by atoms with Gasteiger partial charge in [-0.3, -0.25) is 0 Å². The smallest absolute Gasteiger partial charge is 0.330 e. The summed E-state index contributed by atoms with van der Waals surface area (Å²) < 4.78 is 19.2. The van der Waals surface area contributed by atoms with Gasteiger partial charge < -0.3 is 36.2 Å². The number of phenols is 1. The van der Waals surface area contributed by atoms with Crippen molar-refractivity contribution in [3.8, 4) is 11.5 Å². The third-order valence-corrected chi connectivity index (χ3v) is 6.13. The molecular weight excluding hydrogens is 481 g/mol. The van der Waals surface area contributed by atoms with Gasteiger partial charge in [-0.1, -0.05) is 19.1 Å². The molecule has 6 N–H and O–H groups in total. The van der Waals surface area contributed by atoms with Crippen LogP contribution in [0.2, 0.25) is 0 Å². The summed E-state index contributed by atoms with van der Waals surface area (Å²) in [6.07, 6.45) is 2.90. The number of hydrogen-bond donors (Lipinski definition) is 6. The molecule has 3 atom stereocenters. The minimum Gasteiger partial charge on any atom is -0.508 e. The molecule has 3 aromatic rings. The molecule has 0 radical (unpaired) electrons. The van der Waals surface area contributed by atoms with Gasteiger partial charge in [-0.15, -0.1) is 0 Å². The SMILES string of the molecule is CCC(Nc1nc(Nc2ccc(OC)c(F)c2)nc(NC(C(=O)O)c2ccc(O)cc2)n1)C1CCCN1. The Balaban J connectivity index is 1.65. The van der Waals surface area contributed by atoms with E-state index in [4.69, 9.17) is 4.74 Å². The maximum Gasteiger partial charge on any atom is 0.330 e. The number of hydrogen-bond acceptors (Lipinski definition) is 10. The van der Waals surface area contributed by atoms with Gasteiger partial charge in [-0.05, 0) is 55.6 Å². The molecule has 1 fully saturated rings. The number of aliphatic carboxylic acids is 1. The van der Waals surface area contributed by atoms with Gasteiger partial charge in [-0.2, -0.15) is 15.0 Å². The Bertz CT molecular complexity index is 1220. The van der Waals surface area contributed by atoms with Gasteiger partial charge in [-0.25, -0.2) is 9.18 Å². The third kappa shape index (κ3) is 6.53. The molecule has 2 heterocycles. The van der Waals surface area contributed by atoms with E-state index in [-0.39, 0.29) is 41.4 Å². The van der Waals surface area contributed by atoms with Crippen molar-refractivity contribution in [3.63, 3.8) is 0 Å². The number of aromatic nitrogens is 3. The molecule has 37 heavy (non-hydrogen) atoms. The van der Waals surface area contributed by atoms with E-state index in [9.17, 15) is 19.4 Å². The lowest BCUT2D eigenvalue weighted by Gasteiger charge is -2.24. The number of nitrogens with one attached hydrogen (secondary N) is 4. The van der Waals surface area contributed by atoms with Crippen LogP contribution in [0.1, 0.15) is 37.8 Å². The van der Waals surface area contributed by atoms with E-state index >= 15 is 0 Å². The molecule has 196 valence electrons. The summed E-state index contributed by atoms with van der Waals surface area (Å²) >= 11 is 0. The Labute approximate surface area is 213 Å². The normalized spacial score (nSPS) is 16.6. The summed E-state index contributed by atoms with van der Waals surface area (Å²) in [5.41, 5.74) is 0.771. The molecule has 2 aromatic carbocycles. The number of benzene rings is 2. The van der Waals surface area contributed by atoms with E-state index in [1.165, 1.54) is 43.5 Å².